The van der Waals surface area contributed by atoms with Crippen LogP contribution in [0.1, 0.15) is 32.6 Å². The molecule has 7 nitrogen and oxygen atoms in total. The first-order valence-electron chi connectivity index (χ1n) is 6.98. The third-order valence-electron chi connectivity index (χ3n) is 3.32. The average Bonchev–Trinajstić information content (AvgIpc) is 2.60. The third-order valence-corrected chi connectivity index (χ3v) is 3.32. The van der Waals surface area contributed by atoms with Crippen LogP contribution >= 0.6 is 0 Å². The van der Waals surface area contributed by atoms with Crippen LogP contribution in [0.3, 0.4) is 0 Å². The molecular weight excluding hydrogens is 262 g/mol. The molecule has 0 aromatic heterocycles. The van der Waals surface area contributed by atoms with Crippen molar-refractivity contribution in [2.45, 2.75) is 38.6 Å². The normalized spacial score (nSPS) is 19.9. The molecule has 0 radical (unpaired) electrons. The van der Waals surface area contributed by atoms with Crippen LogP contribution in [0.25, 0.3) is 0 Å². The quantitative estimate of drug-likeness (QED) is 0.575. The smallest absolute Gasteiger partial charge is 0.320 e. The number of nitrogens with zero attached hydrogens (tertiary/aromatic N) is 1. The molecule has 20 heavy (non-hydrogen) atoms. The van der Waals surface area contributed by atoms with E-state index in [0.717, 1.165) is 19.3 Å². The minimum atomic E-state index is -0.863. The number of hydrogen-bond acceptors (Lipinski definition) is 4. The Morgan fingerprint density at radius 3 is 2.50 bits per heavy atom. The Bertz CT molecular complexity index is 360. The Hall–Kier alpha value is -1.63. The van der Waals surface area contributed by atoms with Crippen LogP contribution in [0.2, 0.25) is 0 Å². The zero-order chi connectivity index (χ0) is 15.0. The van der Waals surface area contributed by atoms with Crippen molar-refractivity contribution >= 4 is 17.8 Å². The molecule has 1 aliphatic rings. The van der Waals surface area contributed by atoms with E-state index in [1.165, 1.54) is 6.92 Å². The lowest BCUT2D eigenvalue weighted by Gasteiger charge is -2.25. The summed E-state index contributed by atoms with van der Waals surface area (Å²) in [7, 11) is 0. The monoisotopic (exact) mass is 285 g/mol. The van der Waals surface area contributed by atoms with Crippen LogP contribution < -0.4 is 10.6 Å². The second-order valence-electron chi connectivity index (χ2n) is 5.01. The molecule has 1 fully saturated rings. The van der Waals surface area contributed by atoms with Gasteiger partial charge in [0.25, 0.3) is 0 Å². The first-order valence-corrected chi connectivity index (χ1v) is 6.98. The summed E-state index contributed by atoms with van der Waals surface area (Å²) in [6.07, 6.45) is 3.40. The van der Waals surface area contributed by atoms with Crippen LogP contribution in [-0.2, 0) is 14.4 Å². The van der Waals surface area contributed by atoms with Gasteiger partial charge in [-0.3, -0.25) is 19.3 Å². The van der Waals surface area contributed by atoms with Crippen molar-refractivity contribution in [1.29, 1.82) is 0 Å². The lowest BCUT2D eigenvalue weighted by molar-refractivity contribution is -0.144. The van der Waals surface area contributed by atoms with Gasteiger partial charge < -0.3 is 15.7 Å². The maximum atomic E-state index is 11.8. The number of carbonyl (C=O) groups is 3. The van der Waals surface area contributed by atoms with Crippen molar-refractivity contribution in [2.24, 2.45) is 0 Å². The molecule has 1 aliphatic heterocycles. The zero-order valence-corrected chi connectivity index (χ0v) is 11.9. The van der Waals surface area contributed by atoms with Crippen LogP contribution in [0.4, 0.5) is 0 Å². The van der Waals surface area contributed by atoms with E-state index >= 15 is 0 Å². The van der Waals surface area contributed by atoms with Crippen LogP contribution in [0.5, 0.6) is 0 Å². The highest BCUT2D eigenvalue weighted by molar-refractivity contribution is 5.80. The highest BCUT2D eigenvalue weighted by Crippen LogP contribution is 2.16. The van der Waals surface area contributed by atoms with E-state index in [1.807, 2.05) is 0 Å². The van der Waals surface area contributed by atoms with Crippen molar-refractivity contribution in [3.8, 4) is 0 Å². The van der Waals surface area contributed by atoms with Crippen molar-refractivity contribution in [2.75, 3.05) is 26.2 Å². The van der Waals surface area contributed by atoms with Gasteiger partial charge in [0.05, 0.1) is 6.54 Å². The van der Waals surface area contributed by atoms with Gasteiger partial charge in [0.15, 0.2) is 0 Å². The number of amides is 2. The van der Waals surface area contributed by atoms with E-state index in [-0.39, 0.29) is 18.4 Å². The van der Waals surface area contributed by atoms with Gasteiger partial charge in [0, 0.05) is 20.0 Å². The molecule has 0 spiro atoms. The minimum absolute atomic E-state index is 0.0943. The Morgan fingerprint density at radius 1 is 1.15 bits per heavy atom. The number of nitrogens with one attached hydrogen (secondary N) is 2. The molecule has 0 aromatic rings. The summed E-state index contributed by atoms with van der Waals surface area (Å²) in [5.41, 5.74) is 0. The molecule has 1 rings (SSSR count). The highest BCUT2D eigenvalue weighted by Gasteiger charge is 2.28. The molecule has 3 N–H and O–H groups in total. The van der Waals surface area contributed by atoms with Gasteiger partial charge in [-0.15, -0.1) is 0 Å². The molecular formula is C13H23N3O4. The summed E-state index contributed by atoms with van der Waals surface area (Å²) in [4.78, 5) is 35.4. The van der Waals surface area contributed by atoms with E-state index in [9.17, 15) is 19.5 Å². The highest BCUT2D eigenvalue weighted by atomic mass is 16.4. The second-order valence-corrected chi connectivity index (χ2v) is 5.01. The summed E-state index contributed by atoms with van der Waals surface area (Å²) in [5, 5.41) is 14.5. The lowest BCUT2D eigenvalue weighted by atomic mass is 10.1. The molecule has 7 heteroatoms. The number of rotatable bonds is 6. The number of hydrogen-bond donors (Lipinski definition) is 3. The van der Waals surface area contributed by atoms with Gasteiger partial charge >= 0.3 is 5.97 Å². The molecule has 0 saturated carbocycles. The summed E-state index contributed by atoms with van der Waals surface area (Å²) < 4.78 is 0. The first kappa shape index (κ1) is 16.4. The fourth-order valence-electron chi connectivity index (χ4n) is 2.32. The third kappa shape index (κ3) is 6.01. The van der Waals surface area contributed by atoms with Crippen LogP contribution in [0.15, 0.2) is 0 Å². The standard InChI is InChI=1S/C13H23N3O4/c1-10(17)14-6-7-15-12(18)9-16-8-4-2-3-5-11(16)13(19)20/h11H,2-9H2,1H3,(H,14,17)(H,15,18)(H,19,20). The Morgan fingerprint density at radius 2 is 1.85 bits per heavy atom. The lowest BCUT2D eigenvalue weighted by Crippen LogP contribution is -2.47. The topological polar surface area (TPSA) is 98.7 Å². The summed E-state index contributed by atoms with van der Waals surface area (Å²) in [6, 6.07) is -0.571. The number of likely N-dealkylation sites (tertiary alicyclic amines) is 1. The van der Waals surface area contributed by atoms with Gasteiger partial charge in [-0.2, -0.15) is 0 Å². The Labute approximate surface area is 118 Å². The van der Waals surface area contributed by atoms with E-state index in [4.69, 9.17) is 0 Å². The Kier molecular flexibility index (Phi) is 7.00. The number of carboxylic acid groups (broad SMARTS) is 1. The van der Waals surface area contributed by atoms with Crippen molar-refractivity contribution < 1.29 is 19.5 Å². The molecule has 1 heterocycles. The van der Waals surface area contributed by atoms with Crippen molar-refractivity contribution in [3.63, 3.8) is 0 Å². The molecule has 0 aliphatic carbocycles. The second kappa shape index (κ2) is 8.52. The van der Waals surface area contributed by atoms with Crippen LogP contribution in [0, 0.1) is 0 Å². The van der Waals surface area contributed by atoms with E-state index < -0.39 is 12.0 Å². The molecule has 114 valence electrons. The summed E-state index contributed by atoms with van der Waals surface area (Å²) >= 11 is 0. The SMILES string of the molecule is CC(=O)NCCNC(=O)CN1CCCCCC1C(=O)O. The minimum Gasteiger partial charge on any atom is -0.480 e. The molecule has 2 amide bonds. The Balaban J connectivity index is 2.37. The molecule has 1 unspecified atom stereocenters. The van der Waals surface area contributed by atoms with Crippen molar-refractivity contribution in [3.05, 3.63) is 0 Å². The number of aliphatic carboxylic acids is 1. The largest absolute Gasteiger partial charge is 0.480 e. The summed E-state index contributed by atoms with van der Waals surface area (Å²) in [6.45, 7) is 2.87. The number of carboxylic acids is 1. The van der Waals surface area contributed by atoms with Crippen LogP contribution in [-0.4, -0.2) is 60.0 Å². The molecule has 1 atom stereocenters. The summed E-state index contributed by atoms with van der Waals surface area (Å²) in [5.74, 6) is -1.21. The van der Waals surface area contributed by atoms with Gasteiger partial charge in [-0.25, -0.2) is 0 Å². The predicted molar refractivity (Wildman–Crippen MR) is 73.2 cm³/mol. The van der Waals surface area contributed by atoms with Gasteiger partial charge in [-0.05, 0) is 19.4 Å². The van der Waals surface area contributed by atoms with Gasteiger partial charge in [0.2, 0.25) is 11.8 Å². The van der Waals surface area contributed by atoms with E-state index in [2.05, 4.69) is 10.6 Å². The van der Waals surface area contributed by atoms with E-state index in [1.54, 1.807) is 4.90 Å². The molecule has 1 saturated heterocycles. The maximum absolute atomic E-state index is 11.8. The molecule has 0 bridgehead atoms. The molecule has 0 aromatic carbocycles. The maximum Gasteiger partial charge on any atom is 0.320 e. The average molecular weight is 285 g/mol. The fraction of sp³-hybridized carbons (Fsp3) is 0.769. The van der Waals surface area contributed by atoms with E-state index in [0.29, 0.717) is 26.1 Å². The zero-order valence-electron chi connectivity index (χ0n) is 11.9. The van der Waals surface area contributed by atoms with Gasteiger partial charge in [-0.1, -0.05) is 12.8 Å². The predicted octanol–water partition coefficient (Wildman–Crippen LogP) is -0.432. The number of carbonyl (C=O) groups excluding carboxylic acids is 2. The van der Waals surface area contributed by atoms with Crippen molar-refractivity contribution in [1.82, 2.24) is 15.5 Å². The van der Waals surface area contributed by atoms with Gasteiger partial charge in [0.1, 0.15) is 6.04 Å². The fourth-order valence-corrected chi connectivity index (χ4v) is 2.32. The first-order chi connectivity index (χ1) is 9.50.